The standard InChI is InChI=1S/C23H18ClFN4O5/c1-34-23(33)20-18(19(20)22(32)28-16-8-5-12(24)11-26-16)21(31)27-15-7-6-13(10-14(15)25)29-9-3-2-4-17(29)30/h2-11,18-20H,1H3,(H,27,31)(H,26,28,32)/t18-,19+,20?/m0/s1. The van der Waals surface area contributed by atoms with Crippen LogP contribution in [-0.2, 0) is 19.1 Å². The molecule has 2 amide bonds. The van der Waals surface area contributed by atoms with Crippen molar-refractivity contribution in [2.24, 2.45) is 17.8 Å². The number of amides is 2. The summed E-state index contributed by atoms with van der Waals surface area (Å²) in [6.07, 6.45) is 2.82. The average molecular weight is 485 g/mol. The van der Waals surface area contributed by atoms with Gasteiger partial charge in [0.2, 0.25) is 11.8 Å². The average Bonchev–Trinajstić information content (AvgIpc) is 3.58. The third kappa shape index (κ3) is 4.67. The Hall–Kier alpha value is -4.05. The van der Waals surface area contributed by atoms with E-state index in [1.54, 1.807) is 12.1 Å². The van der Waals surface area contributed by atoms with Crippen LogP contribution in [0.15, 0.2) is 65.7 Å². The number of nitrogens with one attached hydrogen (secondary N) is 2. The predicted octanol–water partition coefficient (Wildman–Crippen LogP) is 2.64. The first-order valence-electron chi connectivity index (χ1n) is 10.1. The molecule has 2 aromatic heterocycles. The maximum absolute atomic E-state index is 14.7. The number of rotatable bonds is 6. The highest BCUT2D eigenvalue weighted by atomic mass is 35.5. The molecule has 0 saturated heterocycles. The van der Waals surface area contributed by atoms with Crippen molar-refractivity contribution in [2.75, 3.05) is 17.7 Å². The number of anilines is 2. The highest BCUT2D eigenvalue weighted by molar-refractivity contribution is 6.30. The summed E-state index contributed by atoms with van der Waals surface area (Å²) in [5, 5.41) is 5.31. The van der Waals surface area contributed by atoms with Crippen LogP contribution < -0.4 is 16.2 Å². The third-order valence-electron chi connectivity index (χ3n) is 5.39. The maximum Gasteiger partial charge on any atom is 0.310 e. The zero-order chi connectivity index (χ0) is 24.4. The van der Waals surface area contributed by atoms with E-state index in [1.807, 2.05) is 0 Å². The summed E-state index contributed by atoms with van der Waals surface area (Å²) in [5.41, 5.74) is -0.235. The van der Waals surface area contributed by atoms with Gasteiger partial charge >= 0.3 is 5.97 Å². The van der Waals surface area contributed by atoms with Gasteiger partial charge in [-0.25, -0.2) is 9.37 Å². The number of hydrogen-bond donors (Lipinski definition) is 2. The van der Waals surface area contributed by atoms with Gasteiger partial charge in [0.15, 0.2) is 0 Å². The minimum Gasteiger partial charge on any atom is -0.469 e. The van der Waals surface area contributed by atoms with Gasteiger partial charge in [-0.1, -0.05) is 17.7 Å². The molecule has 4 rings (SSSR count). The maximum atomic E-state index is 14.7. The van der Waals surface area contributed by atoms with Gasteiger partial charge in [-0.2, -0.15) is 0 Å². The molecule has 1 aliphatic carbocycles. The largest absolute Gasteiger partial charge is 0.469 e. The Morgan fingerprint density at radius 2 is 1.76 bits per heavy atom. The van der Waals surface area contributed by atoms with Crippen molar-refractivity contribution in [1.82, 2.24) is 9.55 Å². The Bertz CT molecular complexity index is 1330. The van der Waals surface area contributed by atoms with Crippen LogP contribution in [0.5, 0.6) is 0 Å². The molecule has 34 heavy (non-hydrogen) atoms. The smallest absolute Gasteiger partial charge is 0.310 e. The number of ether oxygens (including phenoxy) is 1. The summed E-state index contributed by atoms with van der Waals surface area (Å²) in [6, 6.07) is 11.4. The lowest BCUT2D eigenvalue weighted by Gasteiger charge is -2.10. The minimum absolute atomic E-state index is 0.160. The fourth-order valence-electron chi connectivity index (χ4n) is 3.66. The van der Waals surface area contributed by atoms with Crippen molar-refractivity contribution in [3.63, 3.8) is 0 Å². The van der Waals surface area contributed by atoms with Crippen LogP contribution in [-0.4, -0.2) is 34.4 Å². The number of methoxy groups -OCH3 is 1. The van der Waals surface area contributed by atoms with Gasteiger partial charge in [-0.05, 0) is 30.3 Å². The molecule has 174 valence electrons. The van der Waals surface area contributed by atoms with Gasteiger partial charge in [0.1, 0.15) is 11.6 Å². The summed E-state index contributed by atoms with van der Waals surface area (Å²) in [5.74, 6) is -5.75. The number of aromatic nitrogens is 2. The van der Waals surface area contributed by atoms with Crippen molar-refractivity contribution in [2.45, 2.75) is 0 Å². The van der Waals surface area contributed by atoms with E-state index >= 15 is 0 Å². The minimum atomic E-state index is -1.06. The molecule has 3 atom stereocenters. The summed E-state index contributed by atoms with van der Waals surface area (Å²) >= 11 is 5.78. The molecule has 1 fully saturated rings. The Balaban J connectivity index is 1.50. The van der Waals surface area contributed by atoms with Crippen LogP contribution in [0, 0.1) is 23.6 Å². The van der Waals surface area contributed by atoms with Crippen molar-refractivity contribution < 1.29 is 23.5 Å². The number of nitrogens with zero attached hydrogens (tertiary/aromatic N) is 2. The molecule has 3 aromatic rings. The zero-order valence-electron chi connectivity index (χ0n) is 17.7. The van der Waals surface area contributed by atoms with Crippen LogP contribution in [0.4, 0.5) is 15.9 Å². The van der Waals surface area contributed by atoms with Gasteiger partial charge < -0.3 is 15.4 Å². The predicted molar refractivity (Wildman–Crippen MR) is 121 cm³/mol. The van der Waals surface area contributed by atoms with Crippen LogP contribution in [0.25, 0.3) is 5.69 Å². The number of carbonyl (C=O) groups is 3. The summed E-state index contributed by atoms with van der Waals surface area (Å²) in [6.45, 7) is 0. The number of hydrogen-bond acceptors (Lipinski definition) is 6. The monoisotopic (exact) mass is 484 g/mol. The summed E-state index contributed by atoms with van der Waals surface area (Å²) in [7, 11) is 1.15. The normalized spacial score (nSPS) is 18.6. The quantitative estimate of drug-likeness (QED) is 0.519. The molecule has 0 spiro atoms. The molecular formula is C23H18ClFN4O5. The second-order valence-corrected chi connectivity index (χ2v) is 7.95. The van der Waals surface area contributed by atoms with E-state index < -0.39 is 41.4 Å². The first-order chi connectivity index (χ1) is 16.3. The van der Waals surface area contributed by atoms with Crippen molar-refractivity contribution >= 4 is 40.9 Å². The molecule has 0 radical (unpaired) electrons. The second kappa shape index (κ2) is 9.44. The number of carbonyl (C=O) groups excluding carboxylic acids is 3. The number of pyridine rings is 2. The molecular weight excluding hydrogens is 467 g/mol. The van der Waals surface area contributed by atoms with E-state index in [2.05, 4.69) is 15.6 Å². The molecule has 2 N–H and O–H groups in total. The number of esters is 1. The SMILES string of the molecule is COC(=O)C1[C@@H](C(=O)Nc2ccc(-n3ccccc3=O)cc2F)[C@H]1C(=O)Nc1ccc(Cl)cn1. The first kappa shape index (κ1) is 23.1. The molecule has 1 saturated carbocycles. The molecule has 1 aliphatic rings. The second-order valence-electron chi connectivity index (χ2n) is 7.51. The summed E-state index contributed by atoms with van der Waals surface area (Å²) in [4.78, 5) is 53.5. The number of benzene rings is 1. The topological polar surface area (TPSA) is 119 Å². The van der Waals surface area contributed by atoms with E-state index in [9.17, 15) is 23.6 Å². The van der Waals surface area contributed by atoms with Crippen LogP contribution in [0.3, 0.4) is 0 Å². The Morgan fingerprint density at radius 3 is 2.38 bits per heavy atom. The molecule has 1 aromatic carbocycles. The lowest BCUT2D eigenvalue weighted by molar-refractivity contribution is -0.144. The van der Waals surface area contributed by atoms with Crippen molar-refractivity contribution in [3.8, 4) is 5.69 Å². The van der Waals surface area contributed by atoms with Gasteiger partial charge in [-0.3, -0.25) is 23.7 Å². The van der Waals surface area contributed by atoms with E-state index in [1.165, 1.54) is 47.3 Å². The van der Waals surface area contributed by atoms with Gasteiger partial charge in [0, 0.05) is 24.5 Å². The lowest BCUT2D eigenvalue weighted by atomic mass is 10.2. The van der Waals surface area contributed by atoms with E-state index in [0.29, 0.717) is 5.02 Å². The third-order valence-corrected chi connectivity index (χ3v) is 5.61. The van der Waals surface area contributed by atoms with Crippen molar-refractivity contribution in [3.05, 3.63) is 82.1 Å². The Labute approximate surface area is 197 Å². The molecule has 2 heterocycles. The molecule has 1 unspecified atom stereocenters. The highest BCUT2D eigenvalue weighted by Crippen LogP contribution is 2.48. The molecule has 0 aliphatic heterocycles. The van der Waals surface area contributed by atoms with Crippen LogP contribution in [0.1, 0.15) is 0 Å². The van der Waals surface area contributed by atoms with Gasteiger partial charge in [0.05, 0.1) is 41.3 Å². The molecule has 9 nitrogen and oxygen atoms in total. The van der Waals surface area contributed by atoms with Gasteiger partial charge in [0.25, 0.3) is 5.56 Å². The summed E-state index contributed by atoms with van der Waals surface area (Å²) < 4.78 is 20.6. The van der Waals surface area contributed by atoms with E-state index in [0.717, 1.165) is 13.2 Å². The Morgan fingerprint density at radius 1 is 1.03 bits per heavy atom. The lowest BCUT2D eigenvalue weighted by Crippen LogP contribution is -2.21. The van der Waals surface area contributed by atoms with Crippen molar-refractivity contribution in [1.29, 1.82) is 0 Å². The van der Waals surface area contributed by atoms with E-state index in [-0.39, 0.29) is 22.8 Å². The highest BCUT2D eigenvalue weighted by Gasteiger charge is 2.63. The molecule has 11 heteroatoms. The van der Waals surface area contributed by atoms with E-state index in [4.69, 9.17) is 16.3 Å². The zero-order valence-corrected chi connectivity index (χ0v) is 18.5. The fraction of sp³-hybridized carbons (Fsp3) is 0.174. The van der Waals surface area contributed by atoms with Gasteiger partial charge in [-0.15, -0.1) is 0 Å². The molecule has 0 bridgehead atoms. The van der Waals surface area contributed by atoms with Crippen LogP contribution in [0.2, 0.25) is 5.02 Å². The first-order valence-corrected chi connectivity index (χ1v) is 10.5. The fourth-order valence-corrected chi connectivity index (χ4v) is 3.78. The number of halogens is 2. The van der Waals surface area contributed by atoms with Crippen LogP contribution >= 0.6 is 11.6 Å². The Kier molecular flexibility index (Phi) is 6.42.